The molecule has 0 fully saturated rings. The normalized spacial score (nSPS) is 12.9. The molecule has 0 saturated carbocycles. The van der Waals surface area contributed by atoms with Crippen molar-refractivity contribution in [3.8, 4) is 0 Å². The van der Waals surface area contributed by atoms with E-state index in [2.05, 4.69) is 0 Å². The molecule has 3 heteroatoms. The van der Waals surface area contributed by atoms with Crippen molar-refractivity contribution in [1.82, 2.24) is 4.57 Å². The van der Waals surface area contributed by atoms with Gasteiger partial charge in [0.2, 0.25) is 0 Å². The fourth-order valence-corrected chi connectivity index (χ4v) is 1.70. The number of hydrogen-bond acceptors (Lipinski definition) is 2. The summed E-state index contributed by atoms with van der Waals surface area (Å²) in [7, 11) is 0. The first-order chi connectivity index (χ1) is 7.18. The van der Waals surface area contributed by atoms with E-state index < -0.39 is 6.10 Å². The van der Waals surface area contributed by atoms with Crippen LogP contribution in [0.15, 0.2) is 41.2 Å². The molecule has 78 valence electrons. The van der Waals surface area contributed by atoms with Crippen molar-refractivity contribution in [2.24, 2.45) is 0 Å². The minimum atomic E-state index is -0.520. The van der Waals surface area contributed by atoms with Gasteiger partial charge in [0.15, 0.2) is 0 Å². The largest absolute Gasteiger partial charge is 0.392 e. The predicted molar refractivity (Wildman–Crippen MR) is 59.9 cm³/mol. The number of hydrogen-bond donors (Lipinski definition) is 1. The third-order valence-electron chi connectivity index (χ3n) is 2.35. The summed E-state index contributed by atoms with van der Waals surface area (Å²) < 4.78 is 1.60. The molecule has 1 atom stereocenters. The standard InChI is InChI=1S/C12H13NO2/c1-9(14)8-13-11-5-3-2-4-10(11)6-7-12(13)15/h2-7,9,14H,8H2,1H3. The Kier molecular flexibility index (Phi) is 2.56. The van der Waals surface area contributed by atoms with Crippen molar-refractivity contribution in [3.05, 3.63) is 46.8 Å². The number of fused-ring (bicyclic) bond motifs is 1. The van der Waals surface area contributed by atoms with Gasteiger partial charge in [0, 0.05) is 6.07 Å². The summed E-state index contributed by atoms with van der Waals surface area (Å²) in [5.41, 5.74) is 0.792. The number of aliphatic hydroxyl groups excluding tert-OH is 1. The molecule has 15 heavy (non-hydrogen) atoms. The van der Waals surface area contributed by atoms with Crippen LogP contribution >= 0.6 is 0 Å². The lowest BCUT2D eigenvalue weighted by molar-refractivity contribution is 0.174. The van der Waals surface area contributed by atoms with Crippen molar-refractivity contribution in [2.45, 2.75) is 19.6 Å². The molecule has 1 aromatic heterocycles. The van der Waals surface area contributed by atoms with Gasteiger partial charge in [-0.05, 0) is 24.4 Å². The van der Waals surface area contributed by atoms with Crippen LogP contribution in [0.5, 0.6) is 0 Å². The fraction of sp³-hybridized carbons (Fsp3) is 0.250. The first kappa shape index (κ1) is 9.93. The summed E-state index contributed by atoms with van der Waals surface area (Å²) in [5, 5.41) is 10.3. The Hall–Kier alpha value is -1.61. The molecule has 0 bridgehead atoms. The lowest BCUT2D eigenvalue weighted by atomic mass is 10.2. The first-order valence-corrected chi connectivity index (χ1v) is 4.95. The van der Waals surface area contributed by atoms with Gasteiger partial charge in [-0.15, -0.1) is 0 Å². The van der Waals surface area contributed by atoms with Crippen LogP contribution in [-0.2, 0) is 6.54 Å². The summed E-state index contributed by atoms with van der Waals surface area (Å²) in [4.78, 5) is 11.6. The highest BCUT2D eigenvalue weighted by molar-refractivity contribution is 5.78. The van der Waals surface area contributed by atoms with E-state index in [9.17, 15) is 9.90 Å². The average molecular weight is 203 g/mol. The number of para-hydroxylation sites is 1. The predicted octanol–water partition coefficient (Wildman–Crippen LogP) is 1.38. The van der Waals surface area contributed by atoms with Crippen LogP contribution in [0.25, 0.3) is 10.9 Å². The third kappa shape index (κ3) is 1.92. The van der Waals surface area contributed by atoms with Crippen LogP contribution in [0.1, 0.15) is 6.92 Å². The molecule has 0 spiro atoms. The number of nitrogens with zero attached hydrogens (tertiary/aromatic N) is 1. The number of benzene rings is 1. The van der Waals surface area contributed by atoms with Gasteiger partial charge in [-0.25, -0.2) is 0 Å². The summed E-state index contributed by atoms with van der Waals surface area (Å²) in [6, 6.07) is 11.0. The number of rotatable bonds is 2. The minimum absolute atomic E-state index is 0.0744. The van der Waals surface area contributed by atoms with Gasteiger partial charge in [0.05, 0.1) is 18.2 Å². The molecule has 0 saturated heterocycles. The average Bonchev–Trinajstić information content (AvgIpc) is 2.22. The van der Waals surface area contributed by atoms with Crippen molar-refractivity contribution < 1.29 is 5.11 Å². The highest BCUT2D eigenvalue weighted by atomic mass is 16.3. The molecule has 3 nitrogen and oxygen atoms in total. The van der Waals surface area contributed by atoms with Crippen LogP contribution in [0.4, 0.5) is 0 Å². The van der Waals surface area contributed by atoms with Crippen molar-refractivity contribution in [2.75, 3.05) is 0 Å². The van der Waals surface area contributed by atoms with Crippen LogP contribution in [-0.4, -0.2) is 15.8 Å². The Morgan fingerprint density at radius 3 is 2.73 bits per heavy atom. The van der Waals surface area contributed by atoms with Gasteiger partial charge in [-0.3, -0.25) is 4.79 Å². The molecule has 1 N–H and O–H groups in total. The monoisotopic (exact) mass is 203 g/mol. The zero-order chi connectivity index (χ0) is 10.8. The third-order valence-corrected chi connectivity index (χ3v) is 2.35. The highest BCUT2D eigenvalue weighted by Crippen LogP contribution is 2.11. The van der Waals surface area contributed by atoms with Gasteiger partial charge in [-0.2, -0.15) is 0 Å². The minimum Gasteiger partial charge on any atom is -0.392 e. The van der Waals surface area contributed by atoms with E-state index >= 15 is 0 Å². The molecule has 0 aliphatic heterocycles. The van der Waals surface area contributed by atoms with E-state index in [-0.39, 0.29) is 5.56 Å². The second-order valence-electron chi connectivity index (χ2n) is 3.69. The van der Waals surface area contributed by atoms with E-state index in [4.69, 9.17) is 0 Å². The molecule has 0 aliphatic rings. The van der Waals surface area contributed by atoms with Crippen LogP contribution < -0.4 is 5.56 Å². The van der Waals surface area contributed by atoms with Gasteiger partial charge >= 0.3 is 0 Å². The zero-order valence-corrected chi connectivity index (χ0v) is 8.55. The van der Waals surface area contributed by atoms with E-state index in [1.54, 1.807) is 17.6 Å². The smallest absolute Gasteiger partial charge is 0.251 e. The molecule has 0 radical (unpaired) electrons. The molecule has 1 unspecified atom stereocenters. The number of pyridine rings is 1. The molecular formula is C12H13NO2. The van der Waals surface area contributed by atoms with E-state index in [1.165, 1.54) is 6.07 Å². The van der Waals surface area contributed by atoms with Gasteiger partial charge < -0.3 is 9.67 Å². The lowest BCUT2D eigenvalue weighted by Gasteiger charge is -2.11. The molecule has 1 heterocycles. The number of aromatic nitrogens is 1. The maximum atomic E-state index is 11.6. The fourth-order valence-electron chi connectivity index (χ4n) is 1.70. The van der Waals surface area contributed by atoms with Crippen LogP contribution in [0.3, 0.4) is 0 Å². The molecule has 2 aromatic rings. The number of aliphatic hydroxyl groups is 1. The Bertz CT molecular complexity index is 528. The van der Waals surface area contributed by atoms with Crippen molar-refractivity contribution in [3.63, 3.8) is 0 Å². The van der Waals surface area contributed by atoms with E-state index in [0.29, 0.717) is 6.54 Å². The van der Waals surface area contributed by atoms with E-state index in [1.807, 2.05) is 24.3 Å². The highest BCUT2D eigenvalue weighted by Gasteiger charge is 2.04. The Labute approximate surface area is 87.6 Å². The Morgan fingerprint density at radius 1 is 1.27 bits per heavy atom. The molecule has 0 aliphatic carbocycles. The van der Waals surface area contributed by atoms with Gasteiger partial charge in [-0.1, -0.05) is 18.2 Å². The van der Waals surface area contributed by atoms with Crippen LogP contribution in [0, 0.1) is 0 Å². The molecule has 2 rings (SSSR count). The Balaban J connectivity index is 2.68. The maximum Gasteiger partial charge on any atom is 0.251 e. The summed E-state index contributed by atoms with van der Waals surface area (Å²) in [6.45, 7) is 2.01. The topological polar surface area (TPSA) is 42.2 Å². The summed E-state index contributed by atoms with van der Waals surface area (Å²) >= 11 is 0. The van der Waals surface area contributed by atoms with Crippen LogP contribution in [0.2, 0.25) is 0 Å². The second-order valence-corrected chi connectivity index (χ2v) is 3.69. The second kappa shape index (κ2) is 3.87. The molecule has 1 aromatic carbocycles. The SMILES string of the molecule is CC(O)Cn1c(=O)ccc2ccccc21. The van der Waals surface area contributed by atoms with Gasteiger partial charge in [0.1, 0.15) is 0 Å². The zero-order valence-electron chi connectivity index (χ0n) is 8.55. The molecule has 0 amide bonds. The van der Waals surface area contributed by atoms with Crippen molar-refractivity contribution >= 4 is 10.9 Å². The van der Waals surface area contributed by atoms with Gasteiger partial charge in [0.25, 0.3) is 5.56 Å². The maximum absolute atomic E-state index is 11.6. The lowest BCUT2D eigenvalue weighted by Crippen LogP contribution is -2.24. The van der Waals surface area contributed by atoms with Crippen molar-refractivity contribution in [1.29, 1.82) is 0 Å². The quantitative estimate of drug-likeness (QED) is 0.801. The molecular weight excluding hydrogens is 190 g/mol. The summed E-state index contributed by atoms with van der Waals surface area (Å²) in [5.74, 6) is 0. The van der Waals surface area contributed by atoms with E-state index in [0.717, 1.165) is 10.9 Å². The Morgan fingerprint density at radius 2 is 2.00 bits per heavy atom. The first-order valence-electron chi connectivity index (χ1n) is 4.95. The summed E-state index contributed by atoms with van der Waals surface area (Å²) in [6.07, 6.45) is -0.520.